The zero-order chi connectivity index (χ0) is 13.4. The Morgan fingerprint density at radius 2 is 1.84 bits per heavy atom. The van der Waals surface area contributed by atoms with Gasteiger partial charge in [0.1, 0.15) is 0 Å². The lowest BCUT2D eigenvalue weighted by Gasteiger charge is -2.40. The second-order valence-electron chi connectivity index (χ2n) is 7.06. The summed E-state index contributed by atoms with van der Waals surface area (Å²) in [5.41, 5.74) is 0. The molecule has 3 nitrogen and oxygen atoms in total. The second-order valence-corrected chi connectivity index (χ2v) is 7.06. The molecule has 19 heavy (non-hydrogen) atoms. The van der Waals surface area contributed by atoms with E-state index in [0.717, 1.165) is 24.4 Å². The SMILES string of the molecule is CC1CCC(C#N)C(N2CCC3CCC(C2)N3C)C1. The summed E-state index contributed by atoms with van der Waals surface area (Å²) in [4.78, 5) is 5.28. The van der Waals surface area contributed by atoms with Crippen LogP contribution in [0.15, 0.2) is 0 Å². The fourth-order valence-electron chi connectivity index (χ4n) is 4.54. The predicted octanol–water partition coefficient (Wildman–Crippen LogP) is 2.48. The Kier molecular flexibility index (Phi) is 3.82. The Hall–Kier alpha value is -0.590. The lowest BCUT2D eigenvalue weighted by molar-refractivity contribution is 0.0954. The maximum atomic E-state index is 9.45. The van der Waals surface area contributed by atoms with E-state index in [1.165, 1.54) is 45.2 Å². The maximum absolute atomic E-state index is 9.45. The van der Waals surface area contributed by atoms with Crippen molar-refractivity contribution >= 4 is 0 Å². The molecule has 3 aliphatic rings. The molecule has 1 saturated carbocycles. The van der Waals surface area contributed by atoms with E-state index in [1.807, 2.05) is 0 Å². The number of likely N-dealkylation sites (N-methyl/N-ethyl adjacent to an activating group) is 1. The van der Waals surface area contributed by atoms with Gasteiger partial charge < -0.3 is 0 Å². The maximum Gasteiger partial charge on any atom is 0.0672 e. The molecule has 0 amide bonds. The van der Waals surface area contributed by atoms with Gasteiger partial charge >= 0.3 is 0 Å². The summed E-state index contributed by atoms with van der Waals surface area (Å²) in [6.45, 7) is 4.76. The number of rotatable bonds is 1. The number of fused-ring (bicyclic) bond motifs is 2. The molecule has 5 unspecified atom stereocenters. The summed E-state index contributed by atoms with van der Waals surface area (Å²) in [6.07, 6.45) is 7.64. The van der Waals surface area contributed by atoms with Crippen LogP contribution in [0, 0.1) is 23.2 Å². The van der Waals surface area contributed by atoms with Gasteiger partial charge in [-0.05, 0) is 51.5 Å². The van der Waals surface area contributed by atoms with Gasteiger partial charge in [-0.2, -0.15) is 5.26 Å². The molecular weight excluding hydrogens is 234 g/mol. The third-order valence-corrected chi connectivity index (χ3v) is 5.89. The predicted molar refractivity (Wildman–Crippen MR) is 76.7 cm³/mol. The minimum absolute atomic E-state index is 0.276. The number of hydrogen-bond donors (Lipinski definition) is 0. The Morgan fingerprint density at radius 3 is 2.63 bits per heavy atom. The molecule has 0 N–H and O–H groups in total. The van der Waals surface area contributed by atoms with Crippen molar-refractivity contribution in [3.8, 4) is 6.07 Å². The van der Waals surface area contributed by atoms with E-state index in [9.17, 15) is 5.26 Å². The van der Waals surface area contributed by atoms with Gasteiger partial charge in [-0.15, -0.1) is 0 Å². The highest BCUT2D eigenvalue weighted by Gasteiger charge is 2.39. The molecule has 3 heteroatoms. The minimum atomic E-state index is 0.276. The van der Waals surface area contributed by atoms with Crippen LogP contribution in [-0.2, 0) is 0 Å². The van der Waals surface area contributed by atoms with Crippen LogP contribution in [0.2, 0.25) is 0 Å². The number of nitriles is 1. The third kappa shape index (κ3) is 2.53. The average molecular weight is 261 g/mol. The van der Waals surface area contributed by atoms with Gasteiger partial charge in [0.25, 0.3) is 0 Å². The first kappa shape index (κ1) is 13.4. The number of hydrogen-bond acceptors (Lipinski definition) is 3. The lowest BCUT2D eigenvalue weighted by atomic mass is 9.78. The fourth-order valence-corrected chi connectivity index (χ4v) is 4.54. The van der Waals surface area contributed by atoms with Gasteiger partial charge in [-0.1, -0.05) is 6.92 Å². The second kappa shape index (κ2) is 5.42. The summed E-state index contributed by atoms with van der Waals surface area (Å²) in [5.74, 6) is 1.07. The molecule has 0 aromatic rings. The first-order valence-corrected chi connectivity index (χ1v) is 8.04. The molecule has 2 saturated heterocycles. The van der Waals surface area contributed by atoms with E-state index < -0.39 is 0 Å². The smallest absolute Gasteiger partial charge is 0.0672 e. The fraction of sp³-hybridized carbons (Fsp3) is 0.938. The van der Waals surface area contributed by atoms with Gasteiger partial charge in [0.2, 0.25) is 0 Å². The Labute approximate surface area is 117 Å². The van der Waals surface area contributed by atoms with E-state index >= 15 is 0 Å². The summed E-state index contributed by atoms with van der Waals surface area (Å²) in [5, 5.41) is 9.45. The third-order valence-electron chi connectivity index (χ3n) is 5.89. The highest BCUT2D eigenvalue weighted by Crippen LogP contribution is 2.35. The Morgan fingerprint density at radius 1 is 1.05 bits per heavy atom. The molecule has 0 spiro atoms. The minimum Gasteiger partial charge on any atom is -0.299 e. The van der Waals surface area contributed by atoms with Crippen molar-refractivity contribution in [1.29, 1.82) is 5.26 Å². The molecule has 2 aliphatic heterocycles. The average Bonchev–Trinajstić information content (AvgIpc) is 2.63. The van der Waals surface area contributed by atoms with E-state index in [-0.39, 0.29) is 5.92 Å². The van der Waals surface area contributed by atoms with Gasteiger partial charge in [0.15, 0.2) is 0 Å². The van der Waals surface area contributed by atoms with Crippen LogP contribution in [0.1, 0.15) is 45.4 Å². The molecule has 2 heterocycles. The Balaban J connectivity index is 1.72. The normalized spacial score (nSPS) is 44.8. The Bertz CT molecular complexity index is 361. The van der Waals surface area contributed by atoms with Crippen molar-refractivity contribution < 1.29 is 0 Å². The summed E-state index contributed by atoms with van der Waals surface area (Å²) >= 11 is 0. The van der Waals surface area contributed by atoms with Crippen LogP contribution in [0.5, 0.6) is 0 Å². The van der Waals surface area contributed by atoms with Crippen LogP contribution in [0.4, 0.5) is 0 Å². The molecular formula is C16H27N3. The van der Waals surface area contributed by atoms with Gasteiger partial charge in [0, 0.05) is 31.2 Å². The zero-order valence-corrected chi connectivity index (χ0v) is 12.4. The molecule has 0 radical (unpaired) electrons. The van der Waals surface area contributed by atoms with Crippen molar-refractivity contribution in [1.82, 2.24) is 9.80 Å². The summed E-state index contributed by atoms with van der Waals surface area (Å²) in [6, 6.07) is 4.66. The first-order valence-electron chi connectivity index (χ1n) is 8.04. The summed E-state index contributed by atoms with van der Waals surface area (Å²) < 4.78 is 0. The molecule has 2 bridgehead atoms. The molecule has 5 atom stereocenters. The molecule has 0 aromatic carbocycles. The molecule has 3 fully saturated rings. The van der Waals surface area contributed by atoms with Crippen LogP contribution in [-0.4, -0.2) is 48.1 Å². The van der Waals surface area contributed by atoms with Crippen LogP contribution in [0.25, 0.3) is 0 Å². The van der Waals surface area contributed by atoms with Crippen molar-refractivity contribution in [2.45, 2.75) is 63.6 Å². The van der Waals surface area contributed by atoms with E-state index in [2.05, 4.69) is 29.8 Å². The van der Waals surface area contributed by atoms with Gasteiger partial charge in [0.05, 0.1) is 12.0 Å². The van der Waals surface area contributed by atoms with Crippen LogP contribution >= 0.6 is 0 Å². The van der Waals surface area contributed by atoms with Gasteiger partial charge in [-0.25, -0.2) is 0 Å². The van der Waals surface area contributed by atoms with Crippen molar-refractivity contribution in [3.05, 3.63) is 0 Å². The topological polar surface area (TPSA) is 30.3 Å². The molecule has 3 rings (SSSR count). The molecule has 1 aliphatic carbocycles. The van der Waals surface area contributed by atoms with Gasteiger partial charge in [-0.3, -0.25) is 9.80 Å². The highest BCUT2D eigenvalue weighted by atomic mass is 15.3. The highest BCUT2D eigenvalue weighted by molar-refractivity contribution is 5.00. The number of nitrogens with zero attached hydrogens (tertiary/aromatic N) is 3. The summed E-state index contributed by atoms with van der Waals surface area (Å²) in [7, 11) is 2.30. The van der Waals surface area contributed by atoms with Crippen molar-refractivity contribution in [2.24, 2.45) is 11.8 Å². The zero-order valence-electron chi connectivity index (χ0n) is 12.4. The van der Waals surface area contributed by atoms with E-state index in [1.54, 1.807) is 0 Å². The van der Waals surface area contributed by atoms with Crippen LogP contribution in [0.3, 0.4) is 0 Å². The van der Waals surface area contributed by atoms with E-state index in [0.29, 0.717) is 6.04 Å². The first-order chi connectivity index (χ1) is 9.19. The monoisotopic (exact) mass is 261 g/mol. The van der Waals surface area contributed by atoms with Crippen LogP contribution < -0.4 is 0 Å². The lowest BCUT2D eigenvalue weighted by Crippen LogP contribution is -2.47. The van der Waals surface area contributed by atoms with Crippen molar-refractivity contribution in [2.75, 3.05) is 20.1 Å². The van der Waals surface area contributed by atoms with E-state index in [4.69, 9.17) is 0 Å². The largest absolute Gasteiger partial charge is 0.299 e. The molecule has 106 valence electrons. The number of likely N-dealkylation sites (tertiary alicyclic amines) is 1. The quantitative estimate of drug-likeness (QED) is 0.726. The standard InChI is InChI=1S/C16H27N3/c1-12-3-4-13(10-17)16(9-12)19-8-7-14-5-6-15(11-19)18(14)2/h12-16H,3-9,11H2,1-2H3. The van der Waals surface area contributed by atoms with Crippen molar-refractivity contribution in [3.63, 3.8) is 0 Å². The molecule has 0 aromatic heterocycles.